The Morgan fingerprint density at radius 3 is 2.39 bits per heavy atom. The van der Waals surface area contributed by atoms with Crippen molar-refractivity contribution in [2.45, 2.75) is 72.6 Å². The summed E-state index contributed by atoms with van der Waals surface area (Å²) in [7, 11) is 1.71. The molecule has 2 aromatic carbocycles. The number of nitrogens with zero attached hydrogens (tertiary/aromatic N) is 4. The van der Waals surface area contributed by atoms with E-state index in [1.807, 2.05) is 71.0 Å². The van der Waals surface area contributed by atoms with Crippen molar-refractivity contribution < 1.29 is 19.1 Å². The van der Waals surface area contributed by atoms with Gasteiger partial charge in [0.05, 0.1) is 11.6 Å². The molecular weight excluding hydrogens is 580 g/mol. The lowest BCUT2D eigenvalue weighted by atomic mass is 9.82. The van der Waals surface area contributed by atoms with E-state index in [0.717, 1.165) is 47.3 Å². The first-order valence-electron chi connectivity index (χ1n) is 16.0. The molecular formula is C36H42N6O4. The van der Waals surface area contributed by atoms with Crippen LogP contribution in [0.5, 0.6) is 0 Å². The summed E-state index contributed by atoms with van der Waals surface area (Å²) in [5.74, 6) is -0.960. The van der Waals surface area contributed by atoms with Crippen molar-refractivity contribution in [1.29, 1.82) is 0 Å². The van der Waals surface area contributed by atoms with E-state index in [4.69, 9.17) is 4.74 Å². The standard InChI is InChI=1S/C36H42N6O4/c1-21(2)22(3)35(45)46-20-42-24(5)30(23(4)40-42)25-11-13-27(14-12-25)38-34(44)32(39-33(43)29-15-18-37-41(29)6)31-28-10-8-7-9-26(28)19-36(31)16-17-36/h7-15,18,21-22,31-32H,16-17,19-20H2,1-6H3,(H,38,44)(H,39,43)/t22-,31?,32-/m0/s1. The van der Waals surface area contributed by atoms with Gasteiger partial charge in [0.1, 0.15) is 11.7 Å². The molecule has 2 N–H and O–H groups in total. The van der Waals surface area contributed by atoms with Crippen LogP contribution in [-0.2, 0) is 34.5 Å². The molecule has 2 aromatic heterocycles. The van der Waals surface area contributed by atoms with Gasteiger partial charge in [0.15, 0.2) is 6.73 Å². The number of hydrogen-bond acceptors (Lipinski definition) is 6. The third-order valence-electron chi connectivity index (χ3n) is 9.96. The molecule has 1 fully saturated rings. The summed E-state index contributed by atoms with van der Waals surface area (Å²) in [5.41, 5.74) is 6.96. The van der Waals surface area contributed by atoms with Gasteiger partial charge in [-0.05, 0) is 79.3 Å². The quantitative estimate of drug-likeness (QED) is 0.224. The topological polar surface area (TPSA) is 120 Å². The summed E-state index contributed by atoms with van der Waals surface area (Å²) >= 11 is 0. The number of rotatable bonds is 10. The van der Waals surface area contributed by atoms with Gasteiger partial charge in [-0.15, -0.1) is 0 Å². The molecule has 6 rings (SSSR count). The zero-order chi connectivity index (χ0) is 32.7. The second kappa shape index (κ2) is 12.2. The van der Waals surface area contributed by atoms with E-state index >= 15 is 0 Å². The summed E-state index contributed by atoms with van der Waals surface area (Å²) in [6, 6.07) is 16.8. The van der Waals surface area contributed by atoms with Crippen LogP contribution in [0.1, 0.15) is 72.5 Å². The van der Waals surface area contributed by atoms with E-state index in [1.54, 1.807) is 24.0 Å². The minimum atomic E-state index is -0.767. The smallest absolute Gasteiger partial charge is 0.310 e. The monoisotopic (exact) mass is 622 g/mol. The summed E-state index contributed by atoms with van der Waals surface area (Å²) in [6.45, 7) is 9.79. The van der Waals surface area contributed by atoms with Crippen molar-refractivity contribution in [1.82, 2.24) is 24.9 Å². The normalized spacial score (nSPS) is 17.4. The Balaban J connectivity index is 1.22. The van der Waals surface area contributed by atoms with Crippen molar-refractivity contribution in [3.8, 4) is 11.1 Å². The van der Waals surface area contributed by atoms with Gasteiger partial charge < -0.3 is 15.4 Å². The van der Waals surface area contributed by atoms with Gasteiger partial charge in [-0.1, -0.05) is 57.2 Å². The first-order valence-corrected chi connectivity index (χ1v) is 16.0. The Hall–Kier alpha value is -4.73. The molecule has 1 saturated carbocycles. The maximum atomic E-state index is 14.1. The van der Waals surface area contributed by atoms with Crippen molar-refractivity contribution in [3.05, 3.63) is 89.0 Å². The van der Waals surface area contributed by atoms with Crippen LogP contribution >= 0.6 is 0 Å². The lowest BCUT2D eigenvalue weighted by Crippen LogP contribution is -2.49. The van der Waals surface area contributed by atoms with E-state index in [-0.39, 0.29) is 47.7 Å². The predicted molar refractivity (Wildman–Crippen MR) is 175 cm³/mol. The van der Waals surface area contributed by atoms with Crippen molar-refractivity contribution in [2.75, 3.05) is 5.32 Å². The number of esters is 1. The molecule has 46 heavy (non-hydrogen) atoms. The largest absolute Gasteiger partial charge is 0.442 e. The molecule has 10 nitrogen and oxygen atoms in total. The molecule has 2 amide bonds. The number of aromatic nitrogens is 4. The Kier molecular flexibility index (Phi) is 8.31. The van der Waals surface area contributed by atoms with E-state index in [2.05, 4.69) is 33.0 Å². The summed E-state index contributed by atoms with van der Waals surface area (Å²) in [6.07, 6.45) is 4.53. The molecule has 1 unspecified atom stereocenters. The molecule has 1 spiro atoms. The number of nitrogens with one attached hydrogen (secondary N) is 2. The van der Waals surface area contributed by atoms with Gasteiger partial charge in [-0.3, -0.25) is 19.1 Å². The second-order valence-electron chi connectivity index (χ2n) is 13.2. The number of fused-ring (bicyclic) bond motifs is 1. The average molecular weight is 623 g/mol. The summed E-state index contributed by atoms with van der Waals surface area (Å²) < 4.78 is 8.76. The Morgan fingerprint density at radius 2 is 1.74 bits per heavy atom. The lowest BCUT2D eigenvalue weighted by Gasteiger charge is -2.29. The van der Waals surface area contributed by atoms with Crippen LogP contribution < -0.4 is 10.6 Å². The van der Waals surface area contributed by atoms with Crippen molar-refractivity contribution in [2.24, 2.45) is 24.3 Å². The minimum Gasteiger partial charge on any atom is -0.442 e. The zero-order valence-corrected chi connectivity index (χ0v) is 27.3. The number of hydrogen-bond donors (Lipinski definition) is 2. The third-order valence-corrected chi connectivity index (χ3v) is 9.96. The SMILES string of the molecule is Cc1nn(COC(=O)[C@@H](C)C(C)C)c(C)c1-c1ccc(NC(=O)[C@@H](NC(=O)c2ccnn2C)C2c3ccccc3CC23CC3)cc1. The summed E-state index contributed by atoms with van der Waals surface area (Å²) in [5, 5.41) is 14.9. The highest BCUT2D eigenvalue weighted by molar-refractivity contribution is 6.01. The number of benzene rings is 2. The van der Waals surface area contributed by atoms with E-state index in [1.165, 1.54) is 10.2 Å². The number of ether oxygens (including phenoxy) is 1. The Bertz CT molecular complexity index is 1780. The molecule has 0 radical (unpaired) electrons. The fourth-order valence-corrected chi connectivity index (χ4v) is 6.82. The van der Waals surface area contributed by atoms with Gasteiger partial charge in [0.2, 0.25) is 5.91 Å². The van der Waals surface area contributed by atoms with E-state index < -0.39 is 6.04 Å². The predicted octanol–water partition coefficient (Wildman–Crippen LogP) is 5.55. The Labute approximate surface area is 269 Å². The molecule has 2 aliphatic rings. The van der Waals surface area contributed by atoms with Crippen LogP contribution in [0.4, 0.5) is 5.69 Å². The van der Waals surface area contributed by atoms with E-state index in [9.17, 15) is 14.4 Å². The molecule has 0 saturated heterocycles. The van der Waals surface area contributed by atoms with Crippen LogP contribution in [0.2, 0.25) is 0 Å². The van der Waals surface area contributed by atoms with Crippen LogP contribution in [0.3, 0.4) is 0 Å². The average Bonchev–Trinajstić information content (AvgIpc) is 3.39. The fourth-order valence-electron chi connectivity index (χ4n) is 6.82. The fraction of sp³-hybridized carbons (Fsp3) is 0.417. The maximum absolute atomic E-state index is 14.1. The van der Waals surface area contributed by atoms with Crippen LogP contribution in [0.25, 0.3) is 11.1 Å². The summed E-state index contributed by atoms with van der Waals surface area (Å²) in [4.78, 5) is 39.9. The van der Waals surface area contributed by atoms with Gasteiger partial charge in [-0.2, -0.15) is 10.2 Å². The van der Waals surface area contributed by atoms with Crippen molar-refractivity contribution >= 4 is 23.5 Å². The van der Waals surface area contributed by atoms with Crippen LogP contribution in [0.15, 0.2) is 60.8 Å². The van der Waals surface area contributed by atoms with Crippen LogP contribution in [-0.4, -0.2) is 43.4 Å². The highest BCUT2D eigenvalue weighted by atomic mass is 16.5. The van der Waals surface area contributed by atoms with Gasteiger partial charge in [0.25, 0.3) is 5.91 Å². The molecule has 4 aromatic rings. The Morgan fingerprint density at radius 1 is 1.02 bits per heavy atom. The highest BCUT2D eigenvalue weighted by Crippen LogP contribution is 2.64. The molecule has 10 heteroatoms. The van der Waals surface area contributed by atoms with E-state index in [0.29, 0.717) is 11.4 Å². The van der Waals surface area contributed by atoms with Crippen molar-refractivity contribution in [3.63, 3.8) is 0 Å². The molecule has 3 atom stereocenters. The highest BCUT2D eigenvalue weighted by Gasteiger charge is 2.58. The van der Waals surface area contributed by atoms with Gasteiger partial charge >= 0.3 is 5.97 Å². The molecule has 2 heterocycles. The number of amides is 2. The van der Waals surface area contributed by atoms with Crippen LogP contribution in [0, 0.1) is 31.1 Å². The number of anilines is 1. The molecule has 0 bridgehead atoms. The lowest BCUT2D eigenvalue weighted by molar-refractivity contribution is -0.153. The first-order chi connectivity index (χ1) is 22.0. The second-order valence-corrected chi connectivity index (χ2v) is 13.2. The molecule has 2 aliphatic carbocycles. The molecule has 0 aliphatic heterocycles. The molecule has 240 valence electrons. The third kappa shape index (κ3) is 5.84. The number of aryl methyl sites for hydroxylation is 2. The van der Waals surface area contributed by atoms with Gasteiger partial charge in [-0.25, -0.2) is 4.68 Å². The minimum absolute atomic E-state index is 0.0222. The number of carbonyl (C=O) groups is 3. The first kappa shape index (κ1) is 31.3. The van der Waals surface area contributed by atoms with Gasteiger partial charge in [0, 0.05) is 36.1 Å². The number of carbonyl (C=O) groups excluding carboxylic acids is 3. The zero-order valence-electron chi connectivity index (χ0n) is 27.3. The maximum Gasteiger partial charge on any atom is 0.310 e.